The van der Waals surface area contributed by atoms with Crippen molar-refractivity contribution in [3.63, 3.8) is 0 Å². The highest BCUT2D eigenvalue weighted by atomic mass is 19.2. The molecule has 0 N–H and O–H groups in total. The SMILES string of the molecule is C=CC1CCC(COC2CCC(C3CCC(c4ccc(OCC)c(F)c4F)CC3)CC2)CC1. The Morgan fingerprint density at radius 2 is 1.48 bits per heavy atom. The Morgan fingerprint density at radius 3 is 2.09 bits per heavy atom. The van der Waals surface area contributed by atoms with Crippen molar-refractivity contribution < 1.29 is 18.3 Å². The molecule has 4 heteroatoms. The first-order chi connectivity index (χ1) is 16.1. The van der Waals surface area contributed by atoms with Gasteiger partial charge >= 0.3 is 0 Å². The van der Waals surface area contributed by atoms with Gasteiger partial charge < -0.3 is 9.47 Å². The van der Waals surface area contributed by atoms with Crippen molar-refractivity contribution in [1.29, 1.82) is 0 Å². The summed E-state index contributed by atoms with van der Waals surface area (Å²) in [6.07, 6.45) is 16.7. The van der Waals surface area contributed by atoms with Crippen molar-refractivity contribution in [2.75, 3.05) is 13.2 Å². The second-order valence-electron chi connectivity index (χ2n) is 10.7. The maximum absolute atomic E-state index is 14.6. The Bertz CT molecular complexity index is 755. The maximum Gasteiger partial charge on any atom is 0.200 e. The fraction of sp³-hybridized carbons (Fsp3) is 0.724. The van der Waals surface area contributed by atoms with Crippen LogP contribution in [0.2, 0.25) is 0 Å². The molecule has 0 atom stereocenters. The minimum atomic E-state index is -0.830. The summed E-state index contributed by atoms with van der Waals surface area (Å²) in [6.45, 7) is 7.00. The molecule has 0 amide bonds. The molecule has 1 aromatic rings. The Kier molecular flexibility index (Phi) is 8.85. The molecule has 0 spiro atoms. The Labute approximate surface area is 199 Å². The van der Waals surface area contributed by atoms with E-state index in [1.54, 1.807) is 19.1 Å². The van der Waals surface area contributed by atoms with Crippen molar-refractivity contribution >= 4 is 0 Å². The monoisotopic (exact) mass is 460 g/mol. The topological polar surface area (TPSA) is 18.5 Å². The van der Waals surface area contributed by atoms with Crippen molar-refractivity contribution in [2.24, 2.45) is 23.7 Å². The van der Waals surface area contributed by atoms with Crippen LogP contribution in [0.1, 0.15) is 95.5 Å². The molecule has 3 saturated carbocycles. The van der Waals surface area contributed by atoms with Crippen LogP contribution in [0.4, 0.5) is 8.78 Å². The lowest BCUT2D eigenvalue weighted by atomic mass is 9.69. The van der Waals surface area contributed by atoms with Crippen LogP contribution in [0.3, 0.4) is 0 Å². The summed E-state index contributed by atoms with van der Waals surface area (Å²) in [6, 6.07) is 3.33. The summed E-state index contributed by atoms with van der Waals surface area (Å²) in [7, 11) is 0. The van der Waals surface area contributed by atoms with Crippen LogP contribution >= 0.6 is 0 Å². The minimum Gasteiger partial charge on any atom is -0.491 e. The standard InChI is InChI=1S/C29H42F2O2/c1-3-20-5-7-21(8-6-20)19-33-25-15-13-23(14-16-25)22-9-11-24(12-10-22)26-17-18-27(32-4-2)29(31)28(26)30/h3,17-18,20-25H,1,4-16,19H2,2H3. The van der Waals surface area contributed by atoms with Crippen LogP contribution in [-0.2, 0) is 4.74 Å². The van der Waals surface area contributed by atoms with Gasteiger partial charge in [0.1, 0.15) is 0 Å². The highest BCUT2D eigenvalue weighted by molar-refractivity contribution is 5.33. The molecular formula is C29H42F2O2. The Hall–Kier alpha value is -1.42. The van der Waals surface area contributed by atoms with Gasteiger partial charge in [0, 0.05) is 6.61 Å². The van der Waals surface area contributed by atoms with E-state index in [1.165, 1.54) is 51.4 Å². The van der Waals surface area contributed by atoms with Crippen molar-refractivity contribution in [3.8, 4) is 5.75 Å². The van der Waals surface area contributed by atoms with E-state index in [-0.39, 0.29) is 11.7 Å². The third kappa shape index (κ3) is 6.18. The summed E-state index contributed by atoms with van der Waals surface area (Å²) in [4.78, 5) is 0. The molecule has 2 nitrogen and oxygen atoms in total. The molecule has 0 saturated heterocycles. The minimum absolute atomic E-state index is 0.0239. The number of hydrogen-bond acceptors (Lipinski definition) is 2. The number of allylic oxidation sites excluding steroid dienone is 1. The van der Waals surface area contributed by atoms with Crippen LogP contribution < -0.4 is 4.74 Å². The molecule has 184 valence electrons. The van der Waals surface area contributed by atoms with Crippen LogP contribution in [-0.4, -0.2) is 19.3 Å². The summed E-state index contributed by atoms with van der Waals surface area (Å²) in [5.41, 5.74) is 0.536. The van der Waals surface area contributed by atoms with Gasteiger partial charge in [-0.1, -0.05) is 12.1 Å². The molecule has 1 aromatic carbocycles. The highest BCUT2D eigenvalue weighted by Crippen LogP contribution is 2.44. The molecule has 3 aliphatic rings. The summed E-state index contributed by atoms with van der Waals surface area (Å²) in [5, 5.41) is 0. The van der Waals surface area contributed by atoms with Gasteiger partial charge in [-0.15, -0.1) is 6.58 Å². The van der Waals surface area contributed by atoms with E-state index in [1.807, 2.05) is 0 Å². The van der Waals surface area contributed by atoms with E-state index < -0.39 is 11.6 Å². The van der Waals surface area contributed by atoms with Gasteiger partial charge in [0.2, 0.25) is 5.82 Å². The number of benzene rings is 1. The highest BCUT2D eigenvalue weighted by Gasteiger charge is 2.33. The van der Waals surface area contributed by atoms with Crippen molar-refractivity contribution in [1.82, 2.24) is 0 Å². The largest absolute Gasteiger partial charge is 0.491 e. The van der Waals surface area contributed by atoms with E-state index >= 15 is 0 Å². The lowest BCUT2D eigenvalue weighted by Gasteiger charge is -2.38. The molecule has 33 heavy (non-hydrogen) atoms. The molecule has 0 bridgehead atoms. The second-order valence-corrected chi connectivity index (χ2v) is 10.7. The second kappa shape index (κ2) is 11.8. The molecule has 4 rings (SSSR count). The Morgan fingerprint density at radius 1 is 0.848 bits per heavy atom. The zero-order valence-corrected chi connectivity index (χ0v) is 20.4. The third-order valence-corrected chi connectivity index (χ3v) is 8.77. The van der Waals surface area contributed by atoms with Gasteiger partial charge in [-0.05, 0) is 125 Å². The number of ether oxygens (including phenoxy) is 2. The molecule has 0 unspecified atom stereocenters. The van der Waals surface area contributed by atoms with E-state index in [0.29, 0.717) is 18.3 Å². The van der Waals surface area contributed by atoms with Crippen LogP contribution in [0.15, 0.2) is 24.8 Å². The quantitative estimate of drug-likeness (QED) is 0.364. The average Bonchev–Trinajstić information content (AvgIpc) is 2.87. The third-order valence-electron chi connectivity index (χ3n) is 8.77. The summed E-state index contributed by atoms with van der Waals surface area (Å²) >= 11 is 0. The van der Waals surface area contributed by atoms with E-state index in [9.17, 15) is 8.78 Å². The summed E-state index contributed by atoms with van der Waals surface area (Å²) < 4.78 is 40.5. The van der Waals surface area contributed by atoms with E-state index in [2.05, 4.69) is 12.7 Å². The fourth-order valence-electron chi connectivity index (χ4n) is 6.62. The zero-order chi connectivity index (χ0) is 23.2. The molecule has 0 aromatic heterocycles. The number of halogens is 2. The first-order valence-corrected chi connectivity index (χ1v) is 13.4. The molecule has 0 radical (unpaired) electrons. The van der Waals surface area contributed by atoms with Crippen LogP contribution in [0.25, 0.3) is 0 Å². The first-order valence-electron chi connectivity index (χ1n) is 13.4. The van der Waals surface area contributed by atoms with Crippen molar-refractivity contribution in [3.05, 3.63) is 42.0 Å². The van der Waals surface area contributed by atoms with Crippen LogP contribution in [0, 0.1) is 35.3 Å². The average molecular weight is 461 g/mol. The molecule has 3 fully saturated rings. The van der Waals surface area contributed by atoms with Gasteiger partial charge in [-0.3, -0.25) is 0 Å². The van der Waals surface area contributed by atoms with Gasteiger partial charge in [0.05, 0.1) is 12.7 Å². The lowest BCUT2D eigenvalue weighted by molar-refractivity contribution is -0.0154. The molecular weight excluding hydrogens is 418 g/mol. The number of rotatable bonds is 8. The smallest absolute Gasteiger partial charge is 0.200 e. The van der Waals surface area contributed by atoms with Gasteiger partial charge in [-0.2, -0.15) is 4.39 Å². The van der Waals surface area contributed by atoms with Crippen molar-refractivity contribution in [2.45, 2.75) is 96.0 Å². The predicted octanol–water partition coefficient (Wildman–Crippen LogP) is 8.21. The maximum atomic E-state index is 14.6. The summed E-state index contributed by atoms with van der Waals surface area (Å²) in [5.74, 6) is 1.57. The lowest BCUT2D eigenvalue weighted by Crippen LogP contribution is -2.30. The number of hydrogen-bond donors (Lipinski definition) is 0. The molecule has 0 heterocycles. The Balaban J connectivity index is 1.18. The van der Waals surface area contributed by atoms with Gasteiger partial charge in [0.15, 0.2) is 11.6 Å². The van der Waals surface area contributed by atoms with Gasteiger partial charge in [-0.25, -0.2) is 4.39 Å². The predicted molar refractivity (Wildman–Crippen MR) is 130 cm³/mol. The van der Waals surface area contributed by atoms with E-state index in [0.717, 1.165) is 56.0 Å². The zero-order valence-electron chi connectivity index (χ0n) is 20.4. The fourth-order valence-corrected chi connectivity index (χ4v) is 6.62. The first kappa shape index (κ1) is 24.7. The van der Waals surface area contributed by atoms with Crippen LogP contribution in [0.5, 0.6) is 5.75 Å². The molecule has 3 aliphatic carbocycles. The molecule has 0 aliphatic heterocycles. The normalized spacial score (nSPS) is 32.9. The van der Waals surface area contributed by atoms with Gasteiger partial charge in [0.25, 0.3) is 0 Å². The van der Waals surface area contributed by atoms with E-state index in [4.69, 9.17) is 9.47 Å².